The number of fused-ring (bicyclic) bond motifs is 5. The Morgan fingerprint density at radius 2 is 1.69 bits per heavy atom. The van der Waals surface area contributed by atoms with Gasteiger partial charge in [-0.05, 0) is 49.3 Å². The molecule has 3 aromatic heterocycles. The van der Waals surface area contributed by atoms with Gasteiger partial charge in [-0.25, -0.2) is 4.40 Å². The van der Waals surface area contributed by atoms with Crippen molar-refractivity contribution in [2.45, 2.75) is 49.6 Å². The maximum Gasteiger partial charge on any atom is 0.264 e. The Kier molecular flexibility index (Phi) is 5.82. The largest absolute Gasteiger partial charge is 0.272 e. The van der Waals surface area contributed by atoms with E-state index in [1.165, 1.54) is 28.0 Å². The summed E-state index contributed by atoms with van der Waals surface area (Å²) in [6, 6.07) is 21.0. The van der Waals surface area contributed by atoms with Crippen molar-refractivity contribution in [1.29, 1.82) is 0 Å². The highest BCUT2D eigenvalue weighted by atomic mass is 32.2. The minimum absolute atomic E-state index is 0.0292. The van der Waals surface area contributed by atoms with E-state index in [0.29, 0.717) is 12.3 Å². The highest BCUT2D eigenvalue weighted by Gasteiger charge is 2.26. The number of hydrogen-bond acceptors (Lipinski definition) is 5. The number of aryl methyl sites for hydroxylation is 2. The summed E-state index contributed by atoms with van der Waals surface area (Å²) in [6.45, 7) is 6.45. The zero-order valence-electron chi connectivity index (χ0n) is 19.6. The fourth-order valence-electron chi connectivity index (χ4n) is 4.95. The summed E-state index contributed by atoms with van der Waals surface area (Å²) in [5.74, 6) is 0.589. The molecule has 3 heterocycles. The van der Waals surface area contributed by atoms with Gasteiger partial charge in [-0.2, -0.15) is 0 Å². The summed E-state index contributed by atoms with van der Waals surface area (Å²) in [5.41, 5.74) is 4.59. The van der Waals surface area contributed by atoms with Crippen molar-refractivity contribution in [2.24, 2.45) is 0 Å². The molecule has 1 aliphatic carbocycles. The second-order valence-corrected chi connectivity index (χ2v) is 11.3. The molecular formula is C28H26N4OS2. The van der Waals surface area contributed by atoms with Gasteiger partial charge in [0.1, 0.15) is 4.83 Å². The van der Waals surface area contributed by atoms with Crippen LogP contribution >= 0.6 is 23.1 Å². The quantitative estimate of drug-likeness (QED) is 0.200. The summed E-state index contributed by atoms with van der Waals surface area (Å²) in [6.07, 6.45) is 4.31. The fourth-order valence-corrected chi connectivity index (χ4v) is 7.55. The third-order valence-electron chi connectivity index (χ3n) is 6.53. The van der Waals surface area contributed by atoms with E-state index >= 15 is 0 Å². The molecule has 0 saturated heterocycles. The molecule has 0 N–H and O–H groups in total. The van der Waals surface area contributed by atoms with Gasteiger partial charge in [0.15, 0.2) is 5.16 Å². The number of thiophene rings is 1. The molecule has 0 fully saturated rings. The molecule has 0 amide bonds. The average Bonchev–Trinajstić information content (AvgIpc) is 3.47. The van der Waals surface area contributed by atoms with Crippen LogP contribution in [-0.4, -0.2) is 19.2 Å². The smallest absolute Gasteiger partial charge is 0.264 e. The number of allylic oxidation sites excluding steroid dienone is 1. The molecule has 5 aromatic rings. The molecule has 0 aliphatic heterocycles. The molecule has 35 heavy (non-hydrogen) atoms. The van der Waals surface area contributed by atoms with Gasteiger partial charge in [0.25, 0.3) is 5.56 Å². The molecule has 0 spiro atoms. The Morgan fingerprint density at radius 3 is 2.34 bits per heavy atom. The molecule has 5 nitrogen and oxygen atoms in total. The van der Waals surface area contributed by atoms with Crippen LogP contribution in [0.15, 0.2) is 82.8 Å². The zero-order valence-corrected chi connectivity index (χ0v) is 21.2. The van der Waals surface area contributed by atoms with Crippen molar-refractivity contribution >= 4 is 39.1 Å². The van der Waals surface area contributed by atoms with Crippen LogP contribution in [0.1, 0.15) is 46.6 Å². The third-order valence-corrected chi connectivity index (χ3v) is 9.06. The first-order chi connectivity index (χ1) is 17.1. The molecule has 6 rings (SSSR count). The van der Waals surface area contributed by atoms with Crippen LogP contribution in [0, 0.1) is 0 Å². The average molecular weight is 499 g/mol. The van der Waals surface area contributed by atoms with Crippen LogP contribution < -0.4 is 5.56 Å². The van der Waals surface area contributed by atoms with Crippen LogP contribution in [0.2, 0.25) is 0 Å². The summed E-state index contributed by atoms with van der Waals surface area (Å²) < 4.78 is 3.87. The number of hydrogen-bond donors (Lipinski definition) is 0. The monoisotopic (exact) mass is 498 g/mol. The Bertz CT molecular complexity index is 1560. The number of rotatable bonds is 6. The second-order valence-electron chi connectivity index (χ2n) is 9.18. The number of nitrogens with zero attached hydrogens (tertiary/aromatic N) is 4. The van der Waals surface area contributed by atoms with Crippen LogP contribution in [0.3, 0.4) is 0 Å². The van der Waals surface area contributed by atoms with E-state index in [0.717, 1.165) is 40.2 Å². The minimum Gasteiger partial charge on any atom is -0.272 e. The first kappa shape index (κ1) is 22.3. The van der Waals surface area contributed by atoms with Gasteiger partial charge in [-0.3, -0.25) is 9.36 Å². The summed E-state index contributed by atoms with van der Waals surface area (Å²) >= 11 is 3.43. The van der Waals surface area contributed by atoms with Crippen molar-refractivity contribution < 1.29 is 0 Å². The topological polar surface area (TPSA) is 52.2 Å². The van der Waals surface area contributed by atoms with E-state index in [-0.39, 0.29) is 10.8 Å². The maximum absolute atomic E-state index is 13.7. The van der Waals surface area contributed by atoms with Crippen molar-refractivity contribution in [2.75, 3.05) is 0 Å². The van der Waals surface area contributed by atoms with E-state index in [1.54, 1.807) is 27.7 Å². The highest BCUT2D eigenvalue weighted by molar-refractivity contribution is 7.99. The first-order valence-electron chi connectivity index (χ1n) is 11.9. The van der Waals surface area contributed by atoms with Crippen LogP contribution in [0.4, 0.5) is 0 Å². The predicted molar refractivity (Wildman–Crippen MR) is 145 cm³/mol. The SMILES string of the molecule is C=C(C)Cn1c(=O)c2c3c(sc2n2c(SC(c4ccccc4)c4ccccc4)nnc12)CCCC3. The molecule has 0 radical (unpaired) electrons. The minimum atomic E-state index is 0.0292. The Balaban J connectivity index is 1.59. The molecular weight excluding hydrogens is 472 g/mol. The fraction of sp³-hybridized carbons (Fsp3) is 0.250. The van der Waals surface area contributed by atoms with E-state index in [4.69, 9.17) is 0 Å². The van der Waals surface area contributed by atoms with Crippen molar-refractivity contribution in [3.05, 3.63) is 105 Å². The van der Waals surface area contributed by atoms with E-state index < -0.39 is 0 Å². The standard InChI is InChI=1S/C28H26N4OS2/c1-18(2)17-31-25(33)23-21-15-9-10-16-22(21)34-26(23)32-27(31)29-30-28(32)35-24(19-11-5-3-6-12-19)20-13-7-4-8-14-20/h3-8,11-14,24H,1,9-10,15-17H2,2H3. The molecule has 1 aliphatic rings. The molecule has 0 unspecified atom stereocenters. The van der Waals surface area contributed by atoms with Crippen LogP contribution in [0.5, 0.6) is 0 Å². The first-order valence-corrected chi connectivity index (χ1v) is 13.6. The normalized spacial score (nSPS) is 13.5. The summed E-state index contributed by atoms with van der Waals surface area (Å²) in [5, 5.41) is 10.9. The predicted octanol–water partition coefficient (Wildman–Crippen LogP) is 6.44. The number of thioether (sulfide) groups is 1. The molecule has 0 bridgehead atoms. The van der Waals surface area contributed by atoms with Crippen molar-refractivity contribution in [3.63, 3.8) is 0 Å². The van der Waals surface area contributed by atoms with Crippen LogP contribution in [-0.2, 0) is 19.4 Å². The molecule has 2 aromatic carbocycles. The second kappa shape index (κ2) is 9.13. The summed E-state index contributed by atoms with van der Waals surface area (Å²) in [7, 11) is 0. The van der Waals surface area contributed by atoms with E-state index in [1.807, 2.05) is 19.1 Å². The van der Waals surface area contributed by atoms with Gasteiger partial charge in [-0.15, -0.1) is 21.5 Å². The van der Waals surface area contributed by atoms with E-state index in [9.17, 15) is 4.79 Å². The van der Waals surface area contributed by atoms with Gasteiger partial charge in [0.2, 0.25) is 5.78 Å². The number of aromatic nitrogens is 4. The van der Waals surface area contributed by atoms with Gasteiger partial charge in [0.05, 0.1) is 10.6 Å². The lowest BCUT2D eigenvalue weighted by Gasteiger charge is -2.17. The van der Waals surface area contributed by atoms with Gasteiger partial charge in [-0.1, -0.05) is 84.6 Å². The molecule has 7 heteroatoms. The van der Waals surface area contributed by atoms with Gasteiger partial charge in [0, 0.05) is 11.4 Å². The highest BCUT2D eigenvalue weighted by Crippen LogP contribution is 2.42. The Labute approximate surface area is 212 Å². The lowest BCUT2D eigenvalue weighted by Crippen LogP contribution is -2.24. The maximum atomic E-state index is 13.7. The summed E-state index contributed by atoms with van der Waals surface area (Å²) in [4.78, 5) is 16.0. The van der Waals surface area contributed by atoms with Crippen molar-refractivity contribution in [1.82, 2.24) is 19.2 Å². The van der Waals surface area contributed by atoms with Crippen LogP contribution in [0.25, 0.3) is 16.0 Å². The zero-order chi connectivity index (χ0) is 23.9. The molecule has 0 atom stereocenters. The third kappa shape index (κ3) is 3.93. The lowest BCUT2D eigenvalue weighted by atomic mass is 9.97. The van der Waals surface area contributed by atoms with E-state index in [2.05, 4.69) is 69.7 Å². The van der Waals surface area contributed by atoms with Gasteiger partial charge < -0.3 is 0 Å². The Hall–Kier alpha value is -3.16. The molecule has 0 saturated carbocycles. The number of benzene rings is 2. The van der Waals surface area contributed by atoms with Gasteiger partial charge >= 0.3 is 0 Å². The molecule has 176 valence electrons. The Morgan fingerprint density at radius 1 is 1.03 bits per heavy atom. The lowest BCUT2D eigenvalue weighted by molar-refractivity contribution is 0.697. The van der Waals surface area contributed by atoms with Crippen molar-refractivity contribution in [3.8, 4) is 0 Å².